The lowest BCUT2D eigenvalue weighted by molar-refractivity contribution is -0.128. The maximum atomic E-state index is 12.6. The number of carbonyl (C=O) groups is 2. The molecule has 140 valence electrons. The smallest absolute Gasteiger partial charge is 0.231 e. The van der Waals surface area contributed by atoms with Crippen LogP contribution in [0.1, 0.15) is 17.5 Å². The number of hydrogen-bond donors (Lipinski definition) is 2. The summed E-state index contributed by atoms with van der Waals surface area (Å²) in [5.41, 5.74) is 9.02. The second-order valence-electron chi connectivity index (χ2n) is 6.94. The van der Waals surface area contributed by atoms with Crippen molar-refractivity contribution in [2.24, 2.45) is 5.92 Å². The normalized spacial score (nSPS) is 18.0. The van der Waals surface area contributed by atoms with E-state index in [4.69, 9.17) is 15.2 Å². The van der Waals surface area contributed by atoms with E-state index in [9.17, 15) is 9.59 Å². The number of benzene rings is 2. The van der Waals surface area contributed by atoms with Crippen LogP contribution >= 0.6 is 0 Å². The Morgan fingerprint density at radius 3 is 2.85 bits per heavy atom. The number of nitrogens with two attached hydrogens (primary N) is 1. The molecule has 0 radical (unpaired) electrons. The first-order valence-corrected chi connectivity index (χ1v) is 8.83. The summed E-state index contributed by atoms with van der Waals surface area (Å²) in [4.78, 5) is 26.6. The second-order valence-corrected chi connectivity index (χ2v) is 6.94. The molecule has 1 atom stereocenters. The molecule has 0 spiro atoms. The third kappa shape index (κ3) is 3.53. The van der Waals surface area contributed by atoms with Crippen LogP contribution in [0.15, 0.2) is 36.4 Å². The molecule has 2 heterocycles. The van der Waals surface area contributed by atoms with Gasteiger partial charge >= 0.3 is 0 Å². The van der Waals surface area contributed by atoms with Crippen LogP contribution in [0.3, 0.4) is 0 Å². The van der Waals surface area contributed by atoms with Gasteiger partial charge in [-0.25, -0.2) is 0 Å². The molecule has 4 rings (SSSR count). The number of fused-ring (bicyclic) bond motifs is 1. The molecule has 0 saturated carbocycles. The van der Waals surface area contributed by atoms with Gasteiger partial charge in [0, 0.05) is 19.5 Å². The van der Waals surface area contributed by atoms with Gasteiger partial charge in [-0.1, -0.05) is 12.1 Å². The molecule has 1 fully saturated rings. The van der Waals surface area contributed by atoms with Crippen molar-refractivity contribution >= 4 is 23.2 Å². The Bertz CT molecular complexity index is 912. The SMILES string of the molecule is Cc1ccc(NC(=O)C2CC(=O)N(Cc3ccc4c(c3)OCO4)C2)c(N)c1. The minimum absolute atomic E-state index is 0.0373. The van der Waals surface area contributed by atoms with Crippen LogP contribution in [-0.4, -0.2) is 30.1 Å². The lowest BCUT2D eigenvalue weighted by Crippen LogP contribution is -2.28. The lowest BCUT2D eigenvalue weighted by atomic mass is 10.1. The number of likely N-dealkylation sites (tertiary alicyclic amines) is 1. The van der Waals surface area contributed by atoms with E-state index >= 15 is 0 Å². The predicted octanol–water partition coefficient (Wildman–Crippen LogP) is 2.29. The van der Waals surface area contributed by atoms with Crippen molar-refractivity contribution in [1.82, 2.24) is 4.90 Å². The molecule has 0 aromatic heterocycles. The van der Waals surface area contributed by atoms with Crippen LogP contribution in [-0.2, 0) is 16.1 Å². The number of aryl methyl sites for hydroxylation is 1. The summed E-state index contributed by atoms with van der Waals surface area (Å²) in [6.45, 7) is 2.97. The zero-order chi connectivity index (χ0) is 19.0. The highest BCUT2D eigenvalue weighted by atomic mass is 16.7. The Morgan fingerprint density at radius 2 is 2.04 bits per heavy atom. The van der Waals surface area contributed by atoms with Gasteiger partial charge in [0.25, 0.3) is 0 Å². The Balaban J connectivity index is 1.40. The molecule has 7 nitrogen and oxygen atoms in total. The van der Waals surface area contributed by atoms with Crippen molar-refractivity contribution in [3.63, 3.8) is 0 Å². The first-order chi connectivity index (χ1) is 13.0. The molecule has 7 heteroatoms. The molecule has 0 bridgehead atoms. The highest BCUT2D eigenvalue weighted by molar-refractivity contribution is 5.99. The van der Waals surface area contributed by atoms with Gasteiger partial charge in [-0.3, -0.25) is 9.59 Å². The summed E-state index contributed by atoms with van der Waals surface area (Å²) in [6.07, 6.45) is 0.197. The van der Waals surface area contributed by atoms with Gasteiger partial charge in [0.2, 0.25) is 18.6 Å². The molecular weight excluding hydrogens is 346 g/mol. The number of amides is 2. The van der Waals surface area contributed by atoms with Crippen LogP contribution in [0.5, 0.6) is 11.5 Å². The number of rotatable bonds is 4. The van der Waals surface area contributed by atoms with Crippen LogP contribution in [0, 0.1) is 12.8 Å². The molecule has 2 aliphatic rings. The van der Waals surface area contributed by atoms with Crippen LogP contribution in [0.2, 0.25) is 0 Å². The summed E-state index contributed by atoms with van der Waals surface area (Å²) in [5.74, 6) is 0.770. The number of hydrogen-bond acceptors (Lipinski definition) is 5. The molecule has 2 aromatic carbocycles. The predicted molar refractivity (Wildman–Crippen MR) is 100 cm³/mol. The Kier molecular flexibility index (Phi) is 4.35. The van der Waals surface area contributed by atoms with Crippen molar-refractivity contribution in [3.05, 3.63) is 47.5 Å². The average molecular weight is 367 g/mol. The molecule has 3 N–H and O–H groups in total. The monoisotopic (exact) mass is 367 g/mol. The minimum atomic E-state index is -0.396. The number of nitrogens with zero attached hydrogens (tertiary/aromatic N) is 1. The lowest BCUT2D eigenvalue weighted by Gasteiger charge is -2.17. The Hall–Kier alpha value is -3.22. The Morgan fingerprint density at radius 1 is 1.22 bits per heavy atom. The average Bonchev–Trinajstić information content (AvgIpc) is 3.24. The van der Waals surface area contributed by atoms with E-state index in [2.05, 4.69) is 5.32 Å². The molecule has 1 saturated heterocycles. The molecule has 0 aliphatic carbocycles. The molecule has 2 aliphatic heterocycles. The molecule has 2 aromatic rings. The summed E-state index contributed by atoms with van der Waals surface area (Å²) in [7, 11) is 0. The fourth-order valence-electron chi connectivity index (χ4n) is 3.39. The first kappa shape index (κ1) is 17.2. The van der Waals surface area contributed by atoms with Gasteiger partial charge < -0.3 is 25.4 Å². The third-order valence-corrected chi connectivity index (χ3v) is 4.86. The molecular formula is C20H21N3O4. The zero-order valence-corrected chi connectivity index (χ0v) is 15.0. The van der Waals surface area contributed by atoms with Gasteiger partial charge in [-0.2, -0.15) is 0 Å². The standard InChI is InChI=1S/C20H21N3O4/c1-12-2-4-16(15(21)6-12)22-20(25)14-8-19(24)23(10-14)9-13-3-5-17-18(7-13)27-11-26-17/h2-7,14H,8-11,21H2,1H3,(H,22,25). The quantitative estimate of drug-likeness (QED) is 0.809. The summed E-state index contributed by atoms with van der Waals surface area (Å²) < 4.78 is 10.7. The Labute approximate surface area is 157 Å². The largest absolute Gasteiger partial charge is 0.454 e. The number of carbonyl (C=O) groups excluding carboxylic acids is 2. The molecule has 27 heavy (non-hydrogen) atoms. The topological polar surface area (TPSA) is 93.9 Å². The van der Waals surface area contributed by atoms with Crippen LogP contribution in [0.4, 0.5) is 11.4 Å². The van der Waals surface area contributed by atoms with E-state index in [-0.39, 0.29) is 25.0 Å². The number of anilines is 2. The summed E-state index contributed by atoms with van der Waals surface area (Å²) >= 11 is 0. The molecule has 2 amide bonds. The summed E-state index contributed by atoms with van der Waals surface area (Å²) in [6, 6.07) is 11.1. The van der Waals surface area contributed by atoms with Crippen LogP contribution in [0.25, 0.3) is 0 Å². The van der Waals surface area contributed by atoms with Crippen molar-refractivity contribution in [1.29, 1.82) is 0 Å². The number of ether oxygens (including phenoxy) is 2. The van der Waals surface area contributed by atoms with Crippen LogP contribution < -0.4 is 20.5 Å². The van der Waals surface area contributed by atoms with E-state index in [1.165, 1.54) is 0 Å². The van der Waals surface area contributed by atoms with E-state index in [0.29, 0.717) is 36.0 Å². The van der Waals surface area contributed by atoms with Gasteiger partial charge in [0.15, 0.2) is 11.5 Å². The van der Waals surface area contributed by atoms with E-state index in [1.54, 1.807) is 17.0 Å². The maximum absolute atomic E-state index is 12.6. The maximum Gasteiger partial charge on any atom is 0.231 e. The summed E-state index contributed by atoms with van der Waals surface area (Å²) in [5, 5.41) is 2.84. The van der Waals surface area contributed by atoms with E-state index in [1.807, 2.05) is 31.2 Å². The van der Waals surface area contributed by atoms with Crippen molar-refractivity contribution in [3.8, 4) is 11.5 Å². The fourth-order valence-corrected chi connectivity index (χ4v) is 3.39. The minimum Gasteiger partial charge on any atom is -0.454 e. The van der Waals surface area contributed by atoms with Crippen molar-refractivity contribution in [2.75, 3.05) is 24.4 Å². The number of nitrogen functional groups attached to an aromatic ring is 1. The fraction of sp³-hybridized carbons (Fsp3) is 0.300. The van der Waals surface area contributed by atoms with E-state index in [0.717, 1.165) is 11.1 Å². The van der Waals surface area contributed by atoms with E-state index < -0.39 is 5.92 Å². The van der Waals surface area contributed by atoms with Gasteiger partial charge in [0.1, 0.15) is 0 Å². The number of nitrogens with one attached hydrogen (secondary N) is 1. The van der Waals surface area contributed by atoms with Crippen molar-refractivity contribution < 1.29 is 19.1 Å². The van der Waals surface area contributed by atoms with Crippen molar-refractivity contribution in [2.45, 2.75) is 19.9 Å². The molecule has 1 unspecified atom stereocenters. The highest BCUT2D eigenvalue weighted by Crippen LogP contribution is 2.33. The highest BCUT2D eigenvalue weighted by Gasteiger charge is 2.34. The first-order valence-electron chi connectivity index (χ1n) is 8.83. The third-order valence-electron chi connectivity index (χ3n) is 4.86. The van der Waals surface area contributed by atoms with Gasteiger partial charge in [0.05, 0.1) is 17.3 Å². The zero-order valence-electron chi connectivity index (χ0n) is 15.0. The second kappa shape index (κ2) is 6.83. The van der Waals surface area contributed by atoms with Gasteiger partial charge in [-0.15, -0.1) is 0 Å². The van der Waals surface area contributed by atoms with Gasteiger partial charge in [-0.05, 0) is 42.3 Å².